The largest absolute Gasteiger partial charge is 0.465 e. The Morgan fingerprint density at radius 1 is 0.558 bits per heavy atom. The molecule has 0 spiro atoms. The summed E-state index contributed by atoms with van der Waals surface area (Å²) >= 11 is 12.5. The highest BCUT2D eigenvalue weighted by Gasteiger charge is 2.33. The van der Waals surface area contributed by atoms with E-state index in [9.17, 15) is 19.2 Å². The van der Waals surface area contributed by atoms with Crippen LogP contribution in [0.15, 0.2) is 126 Å². The number of aromatic nitrogens is 2. The van der Waals surface area contributed by atoms with Gasteiger partial charge in [0.15, 0.2) is 0 Å². The van der Waals surface area contributed by atoms with Crippen molar-refractivity contribution in [2.75, 3.05) is 14.2 Å². The Bertz CT molecular complexity index is 2680. The number of fused-ring (bicyclic) bond motifs is 6. The molecule has 8 rings (SSSR count). The fourth-order valence-corrected chi connectivity index (χ4v) is 9.16. The monoisotopic (exact) mass is 768 g/mol. The summed E-state index contributed by atoms with van der Waals surface area (Å²) in [4.78, 5) is 54.3. The lowest BCUT2D eigenvalue weighted by Crippen LogP contribution is -2.05. The van der Waals surface area contributed by atoms with Crippen LogP contribution in [-0.4, -0.2) is 35.3 Å². The van der Waals surface area contributed by atoms with Gasteiger partial charge in [-0.3, -0.25) is 9.13 Å². The lowest BCUT2D eigenvalue weighted by atomic mass is 10.1. The summed E-state index contributed by atoms with van der Waals surface area (Å²) in [6, 6.07) is 27.2. The summed E-state index contributed by atoms with van der Waals surface area (Å²) < 4.78 is 25.8. The molecule has 52 heavy (non-hydrogen) atoms. The average molecular weight is 770 g/mol. The van der Waals surface area contributed by atoms with Gasteiger partial charge >= 0.3 is 23.2 Å². The molecule has 8 aromatic rings. The number of methoxy groups -OCH3 is 2. The van der Waals surface area contributed by atoms with Crippen LogP contribution < -0.4 is 11.3 Å². The molecule has 0 saturated heterocycles. The van der Waals surface area contributed by atoms with Crippen molar-refractivity contribution in [3.63, 3.8) is 0 Å². The fourth-order valence-electron chi connectivity index (χ4n) is 6.27. The minimum absolute atomic E-state index is 0.0953. The third-order valence-corrected chi connectivity index (χ3v) is 11.4. The number of carbonyl (C=O) groups excluding carboxylic acids is 2. The molecular weight excluding hydrogens is 747 g/mol. The second-order valence-electron chi connectivity index (χ2n) is 11.4. The Labute approximate surface area is 310 Å². The first kappa shape index (κ1) is 33.7. The molecule has 4 heterocycles. The van der Waals surface area contributed by atoms with Gasteiger partial charge in [-0.25, -0.2) is 19.2 Å². The SMILES string of the molecule is COC(=O)c1c(SSc2c(C(=O)OC)c3c4ccccc4c(=O)oc3n2-c2ccc(Cl)cc2)n(-c2ccc(Cl)cc2)c2oc(=O)c3ccccc3c12. The van der Waals surface area contributed by atoms with Crippen LogP contribution in [0.2, 0.25) is 10.0 Å². The quantitative estimate of drug-likeness (QED) is 0.114. The van der Waals surface area contributed by atoms with Crippen molar-refractivity contribution in [2.45, 2.75) is 10.1 Å². The van der Waals surface area contributed by atoms with Crippen LogP contribution in [0.5, 0.6) is 0 Å². The summed E-state index contributed by atoms with van der Waals surface area (Å²) in [7, 11) is 4.72. The average Bonchev–Trinajstić information content (AvgIpc) is 3.66. The van der Waals surface area contributed by atoms with E-state index in [1.807, 2.05) is 0 Å². The lowest BCUT2D eigenvalue weighted by Gasteiger charge is -2.13. The Kier molecular flexibility index (Phi) is 8.62. The van der Waals surface area contributed by atoms with Gasteiger partial charge in [0.05, 0.1) is 35.8 Å². The van der Waals surface area contributed by atoms with Gasteiger partial charge in [-0.1, -0.05) is 59.6 Å². The van der Waals surface area contributed by atoms with Crippen LogP contribution in [0.25, 0.3) is 55.1 Å². The molecule has 4 aromatic heterocycles. The smallest absolute Gasteiger partial charge is 0.345 e. The highest BCUT2D eigenvalue weighted by Crippen LogP contribution is 2.49. The topological polar surface area (TPSA) is 123 Å². The predicted octanol–water partition coefficient (Wildman–Crippen LogP) is 9.47. The number of ether oxygens (including phenoxy) is 2. The highest BCUT2D eigenvalue weighted by molar-refractivity contribution is 8.76. The van der Waals surface area contributed by atoms with E-state index in [2.05, 4.69) is 0 Å². The van der Waals surface area contributed by atoms with Gasteiger partial charge in [0.25, 0.3) is 0 Å². The van der Waals surface area contributed by atoms with Gasteiger partial charge in [-0.05, 0) is 82.3 Å². The van der Waals surface area contributed by atoms with Gasteiger partial charge in [0, 0.05) is 32.2 Å². The van der Waals surface area contributed by atoms with Crippen molar-refractivity contribution >= 4 is 100 Å². The molecule has 0 amide bonds. The molecule has 0 aliphatic carbocycles. The number of hydrogen-bond donors (Lipinski definition) is 0. The van der Waals surface area contributed by atoms with E-state index in [0.29, 0.717) is 53.0 Å². The maximum absolute atomic E-state index is 13.8. The van der Waals surface area contributed by atoms with E-state index >= 15 is 0 Å². The van der Waals surface area contributed by atoms with Crippen molar-refractivity contribution in [1.29, 1.82) is 0 Å². The van der Waals surface area contributed by atoms with E-state index in [1.54, 1.807) is 106 Å². The molecule has 0 bridgehead atoms. The van der Waals surface area contributed by atoms with Crippen LogP contribution in [0, 0.1) is 0 Å². The van der Waals surface area contributed by atoms with Crippen molar-refractivity contribution in [3.05, 3.63) is 139 Å². The number of esters is 2. The molecule has 0 aliphatic rings. The van der Waals surface area contributed by atoms with Crippen molar-refractivity contribution in [2.24, 2.45) is 0 Å². The number of halogens is 2. The molecule has 10 nitrogen and oxygen atoms in total. The maximum atomic E-state index is 13.8. The Hall–Kier alpha value is -5.40. The van der Waals surface area contributed by atoms with Crippen LogP contribution in [0.4, 0.5) is 0 Å². The zero-order valence-electron chi connectivity index (χ0n) is 27.0. The van der Waals surface area contributed by atoms with Crippen molar-refractivity contribution in [1.82, 2.24) is 9.13 Å². The first-order valence-electron chi connectivity index (χ1n) is 15.4. The summed E-state index contributed by atoms with van der Waals surface area (Å²) in [5.41, 5.74) is 0.273. The number of hydrogen-bond acceptors (Lipinski definition) is 10. The minimum atomic E-state index is -0.691. The van der Waals surface area contributed by atoms with Gasteiger partial charge in [-0.15, -0.1) is 0 Å². The zero-order valence-corrected chi connectivity index (χ0v) is 30.1. The number of carbonyl (C=O) groups is 2. The Morgan fingerprint density at radius 3 is 1.25 bits per heavy atom. The summed E-state index contributed by atoms with van der Waals surface area (Å²) in [6.07, 6.45) is 0. The molecule has 4 aromatic carbocycles. The molecule has 258 valence electrons. The molecule has 0 unspecified atom stereocenters. The molecule has 0 aliphatic heterocycles. The second kappa shape index (κ2) is 13.3. The molecular formula is C38H22Cl2N2O8S2. The van der Waals surface area contributed by atoms with E-state index in [-0.39, 0.29) is 33.3 Å². The third-order valence-electron chi connectivity index (χ3n) is 8.53. The number of rotatable bonds is 7. The molecule has 0 radical (unpaired) electrons. The molecule has 0 saturated carbocycles. The summed E-state index contributed by atoms with van der Waals surface area (Å²) in [5.74, 6) is -1.38. The van der Waals surface area contributed by atoms with Crippen LogP contribution in [0.1, 0.15) is 20.7 Å². The van der Waals surface area contributed by atoms with E-state index in [0.717, 1.165) is 21.6 Å². The van der Waals surface area contributed by atoms with Crippen LogP contribution in [0.3, 0.4) is 0 Å². The van der Waals surface area contributed by atoms with Crippen LogP contribution in [-0.2, 0) is 9.47 Å². The van der Waals surface area contributed by atoms with Gasteiger partial charge in [-0.2, -0.15) is 0 Å². The summed E-state index contributed by atoms with van der Waals surface area (Å²) in [5, 5.41) is 3.76. The number of benzene rings is 4. The van der Waals surface area contributed by atoms with Crippen LogP contribution >= 0.6 is 44.8 Å². The van der Waals surface area contributed by atoms with Crippen molar-refractivity contribution in [3.8, 4) is 11.4 Å². The first-order chi connectivity index (χ1) is 25.2. The van der Waals surface area contributed by atoms with Crippen molar-refractivity contribution < 1.29 is 27.9 Å². The standard InChI is InChI=1S/C38H22Cl2N2O8S2/c1-47-37(45)29-27-23-7-3-5-9-25(23)35(43)49-31(27)41(21-15-11-19(39)12-16-21)33(29)51-52-34-30(38(46)48-2)28-24-8-4-6-10-26(24)36(44)50-32(28)42(34)22-17-13-20(40)14-18-22/h3-18H,1-2H3. The lowest BCUT2D eigenvalue weighted by molar-refractivity contribution is 0.0589. The van der Waals surface area contributed by atoms with E-state index in [4.69, 9.17) is 41.5 Å². The highest BCUT2D eigenvalue weighted by atomic mass is 35.5. The predicted molar refractivity (Wildman–Crippen MR) is 203 cm³/mol. The van der Waals surface area contributed by atoms with Gasteiger partial charge < -0.3 is 18.3 Å². The maximum Gasteiger partial charge on any atom is 0.345 e. The second-order valence-corrected chi connectivity index (χ2v) is 14.3. The molecule has 0 atom stereocenters. The molecule has 0 N–H and O–H groups in total. The first-order valence-corrected chi connectivity index (χ1v) is 18.4. The normalized spacial score (nSPS) is 11.5. The minimum Gasteiger partial charge on any atom is -0.465 e. The fraction of sp³-hybridized carbons (Fsp3) is 0.0526. The molecule has 0 fully saturated rings. The zero-order chi connectivity index (χ0) is 36.3. The Balaban J connectivity index is 1.47. The summed E-state index contributed by atoms with van der Waals surface area (Å²) in [6.45, 7) is 0. The molecule has 14 heteroatoms. The third kappa shape index (κ3) is 5.37. The van der Waals surface area contributed by atoms with E-state index < -0.39 is 23.2 Å². The Morgan fingerprint density at radius 2 is 0.904 bits per heavy atom. The van der Waals surface area contributed by atoms with Gasteiger partial charge in [0.2, 0.25) is 11.4 Å². The van der Waals surface area contributed by atoms with Gasteiger partial charge in [0.1, 0.15) is 21.2 Å². The van der Waals surface area contributed by atoms with E-state index in [1.165, 1.54) is 14.2 Å². The number of nitrogens with zero attached hydrogens (tertiary/aromatic N) is 2.